The summed E-state index contributed by atoms with van der Waals surface area (Å²) in [5, 5.41) is 3.29. The monoisotopic (exact) mass is 335 g/mol. The molecule has 3 N–H and O–H groups in total. The van der Waals surface area contributed by atoms with Gasteiger partial charge in [0.1, 0.15) is 5.75 Å². The molecule has 0 atom stereocenters. The van der Waals surface area contributed by atoms with Gasteiger partial charge in [0.2, 0.25) is 0 Å². The van der Waals surface area contributed by atoms with Crippen LogP contribution in [0.4, 0.5) is 0 Å². The molecular weight excluding hydrogens is 320 g/mol. The van der Waals surface area contributed by atoms with Crippen LogP contribution < -0.4 is 28.2 Å². The molecule has 0 aliphatic rings. The summed E-state index contributed by atoms with van der Waals surface area (Å²) in [5.74, 6) is 0.219. The number of hydrogen-bond acceptors (Lipinski definition) is 3. The lowest BCUT2D eigenvalue weighted by atomic mass is 10.2. The average molecular weight is 337 g/mol. The fourth-order valence-corrected chi connectivity index (χ4v) is 1.78. The van der Waals surface area contributed by atoms with Gasteiger partial charge in [-0.15, -0.1) is 0 Å². The highest BCUT2D eigenvalue weighted by Gasteiger charge is 2.05. The van der Waals surface area contributed by atoms with E-state index in [1.165, 1.54) is 0 Å². The molecule has 0 unspecified atom stereocenters. The first-order chi connectivity index (χ1) is 8.13. The second-order valence-electron chi connectivity index (χ2n) is 3.68. The van der Waals surface area contributed by atoms with Crippen molar-refractivity contribution in [2.24, 2.45) is 5.73 Å². The number of rotatable bonds is 7. The Morgan fingerprint density at radius 2 is 2.22 bits per heavy atom. The molecule has 18 heavy (non-hydrogen) atoms. The number of carbonyl (C=O) groups excluding carboxylic acids is 1. The number of carbonyl (C=O) groups is 1. The zero-order valence-corrected chi connectivity index (χ0v) is 12.6. The Labute approximate surface area is 122 Å². The predicted octanol–water partition coefficient (Wildman–Crippen LogP) is -1.18. The van der Waals surface area contributed by atoms with E-state index >= 15 is 0 Å². The molecule has 4 nitrogen and oxygen atoms in total. The van der Waals surface area contributed by atoms with Crippen LogP contribution in [0.3, 0.4) is 0 Å². The minimum Gasteiger partial charge on any atom is -1.00 e. The summed E-state index contributed by atoms with van der Waals surface area (Å²) in [4.78, 5) is 10.7. The van der Waals surface area contributed by atoms with Crippen LogP contribution in [0.5, 0.6) is 5.75 Å². The Morgan fingerprint density at radius 1 is 1.50 bits per heavy atom. The van der Waals surface area contributed by atoms with Crippen molar-refractivity contribution in [1.29, 1.82) is 0 Å². The van der Waals surface area contributed by atoms with E-state index in [1.807, 2.05) is 18.2 Å². The molecule has 0 heterocycles. The number of benzene rings is 1. The summed E-state index contributed by atoms with van der Waals surface area (Å²) < 4.78 is 6.33. The lowest BCUT2D eigenvalue weighted by molar-refractivity contribution is -0.119. The Bertz CT molecular complexity index is 388. The minimum atomic E-state index is -0.472. The Balaban J connectivity index is 0.00000289. The number of ether oxygens (including phenoxy) is 1. The topological polar surface area (TPSA) is 64.3 Å². The third kappa shape index (κ3) is 6.23. The molecule has 1 amide bonds. The molecule has 1 rings (SSSR count). The van der Waals surface area contributed by atoms with Crippen molar-refractivity contribution >= 4 is 21.8 Å². The Morgan fingerprint density at radius 3 is 2.83 bits per heavy atom. The zero-order chi connectivity index (χ0) is 12.7. The summed E-state index contributed by atoms with van der Waals surface area (Å²) >= 11 is 3.41. The van der Waals surface area contributed by atoms with E-state index < -0.39 is 5.91 Å². The number of amides is 1. The van der Waals surface area contributed by atoms with E-state index in [0.717, 1.165) is 23.0 Å². The second kappa shape index (κ2) is 9.19. The molecule has 0 radical (unpaired) electrons. The molecule has 0 bridgehead atoms. The van der Waals surface area contributed by atoms with Gasteiger partial charge in [-0.3, -0.25) is 4.79 Å². The van der Waals surface area contributed by atoms with Gasteiger partial charge in [0.05, 0.1) is 0 Å². The average Bonchev–Trinajstić information content (AvgIpc) is 2.28. The lowest BCUT2D eigenvalue weighted by Crippen LogP contribution is -3.00. The fraction of sp³-hybridized carbons (Fsp3) is 0.417. The van der Waals surface area contributed by atoms with Crippen LogP contribution >= 0.6 is 15.9 Å². The minimum absolute atomic E-state index is 0. The molecule has 1 aromatic carbocycles. The van der Waals surface area contributed by atoms with Gasteiger partial charge < -0.3 is 28.2 Å². The van der Waals surface area contributed by atoms with Crippen molar-refractivity contribution in [1.82, 2.24) is 5.32 Å². The fourth-order valence-electron chi connectivity index (χ4n) is 1.38. The maximum atomic E-state index is 10.7. The number of nitrogens with two attached hydrogens (primary N) is 1. The highest BCUT2D eigenvalue weighted by atomic mass is 79.9. The van der Waals surface area contributed by atoms with E-state index in [2.05, 4.69) is 28.2 Å². The smallest absolute Gasteiger partial charge is 0.255 e. The van der Waals surface area contributed by atoms with Crippen molar-refractivity contribution in [3.63, 3.8) is 0 Å². The van der Waals surface area contributed by atoms with Crippen LogP contribution in [0.1, 0.15) is 18.9 Å². The van der Waals surface area contributed by atoms with E-state index in [1.54, 1.807) is 0 Å². The number of nitrogens with one attached hydrogen (secondary N) is 1. The first-order valence-electron chi connectivity index (χ1n) is 5.53. The van der Waals surface area contributed by atoms with Crippen molar-refractivity contribution in [2.75, 3.05) is 13.2 Å². The molecule has 1 aromatic rings. The molecule has 0 aliphatic carbocycles. The van der Waals surface area contributed by atoms with Crippen molar-refractivity contribution in [3.05, 3.63) is 28.2 Å². The van der Waals surface area contributed by atoms with Crippen LogP contribution in [0.15, 0.2) is 22.7 Å². The summed E-state index contributed by atoms with van der Waals surface area (Å²) in [6.07, 6.45) is 1.07. The van der Waals surface area contributed by atoms with Gasteiger partial charge in [0.25, 0.3) is 5.91 Å². The second-order valence-corrected chi connectivity index (χ2v) is 4.60. The number of halogens is 2. The molecule has 0 spiro atoms. The summed E-state index contributed by atoms with van der Waals surface area (Å²) in [6.45, 7) is 3.67. The van der Waals surface area contributed by atoms with Gasteiger partial charge >= 0.3 is 0 Å². The molecule has 0 saturated heterocycles. The molecular formula is C12H17BrClN2O2-. The maximum Gasteiger partial charge on any atom is 0.255 e. The Kier molecular flexibility index (Phi) is 8.79. The summed E-state index contributed by atoms with van der Waals surface area (Å²) in [7, 11) is 0. The first kappa shape index (κ1) is 17.2. The van der Waals surface area contributed by atoms with E-state index in [0.29, 0.717) is 12.3 Å². The highest BCUT2D eigenvalue weighted by Crippen LogP contribution is 2.23. The van der Waals surface area contributed by atoms with E-state index in [-0.39, 0.29) is 19.0 Å². The normalized spacial score (nSPS) is 9.67. The number of primary amides is 1. The van der Waals surface area contributed by atoms with Crippen molar-refractivity contribution in [2.45, 2.75) is 19.9 Å². The van der Waals surface area contributed by atoms with Gasteiger partial charge in [-0.1, -0.05) is 22.9 Å². The van der Waals surface area contributed by atoms with E-state index in [4.69, 9.17) is 10.5 Å². The number of hydrogen-bond donors (Lipinski definition) is 2. The zero-order valence-electron chi connectivity index (χ0n) is 10.2. The largest absolute Gasteiger partial charge is 1.00 e. The van der Waals surface area contributed by atoms with E-state index in [9.17, 15) is 4.79 Å². The van der Waals surface area contributed by atoms with Crippen LogP contribution in [0.25, 0.3) is 0 Å². The lowest BCUT2D eigenvalue weighted by Gasteiger charge is -2.11. The molecule has 6 heteroatoms. The van der Waals surface area contributed by atoms with Crippen LogP contribution in [0, 0.1) is 0 Å². The Hall–Kier alpha value is -0.780. The van der Waals surface area contributed by atoms with Gasteiger partial charge in [-0.2, -0.15) is 0 Å². The van der Waals surface area contributed by atoms with Gasteiger partial charge in [0.15, 0.2) is 6.61 Å². The first-order valence-corrected chi connectivity index (χ1v) is 6.33. The predicted molar refractivity (Wildman–Crippen MR) is 70.8 cm³/mol. The van der Waals surface area contributed by atoms with Crippen molar-refractivity contribution < 1.29 is 21.9 Å². The van der Waals surface area contributed by atoms with Gasteiger partial charge in [-0.05, 0) is 31.2 Å². The maximum absolute atomic E-state index is 10.7. The molecule has 102 valence electrons. The van der Waals surface area contributed by atoms with Crippen LogP contribution in [-0.2, 0) is 11.3 Å². The molecule has 0 fully saturated rings. The quantitative estimate of drug-likeness (QED) is 0.616. The summed E-state index contributed by atoms with van der Waals surface area (Å²) in [5.41, 5.74) is 6.06. The summed E-state index contributed by atoms with van der Waals surface area (Å²) in [6, 6.07) is 5.68. The van der Waals surface area contributed by atoms with Crippen molar-refractivity contribution in [3.8, 4) is 5.75 Å². The highest BCUT2D eigenvalue weighted by molar-refractivity contribution is 9.10. The molecule has 0 saturated carbocycles. The van der Waals surface area contributed by atoms with Gasteiger partial charge in [0, 0.05) is 16.6 Å². The third-order valence-electron chi connectivity index (χ3n) is 2.13. The van der Waals surface area contributed by atoms with Gasteiger partial charge in [-0.25, -0.2) is 0 Å². The van der Waals surface area contributed by atoms with Crippen LogP contribution in [-0.4, -0.2) is 19.1 Å². The third-order valence-corrected chi connectivity index (χ3v) is 2.63. The SMILES string of the molecule is CCCNCc1cc(Br)ccc1OCC(N)=O.[Cl-]. The molecule has 0 aromatic heterocycles. The van der Waals surface area contributed by atoms with Crippen LogP contribution in [0.2, 0.25) is 0 Å². The molecule has 0 aliphatic heterocycles. The standard InChI is InChI=1S/C12H17BrN2O2.ClH/c1-2-5-15-7-9-6-10(13)3-4-11(9)17-8-12(14)16;/h3-4,6,15H,2,5,7-8H2,1H3,(H2,14,16);1H/p-1.